The molecule has 0 aliphatic heterocycles. The number of ether oxygens (including phenoxy) is 1. The van der Waals surface area contributed by atoms with E-state index in [0.29, 0.717) is 24.8 Å². The highest BCUT2D eigenvalue weighted by atomic mass is 35.5. The van der Waals surface area contributed by atoms with Gasteiger partial charge in [-0.05, 0) is 48.8 Å². The maximum absolute atomic E-state index is 11.7. The predicted octanol–water partition coefficient (Wildman–Crippen LogP) is 3.79. The fraction of sp³-hybridized carbons (Fsp3) is 0.316. The van der Waals surface area contributed by atoms with Crippen LogP contribution in [0.4, 0.5) is 4.79 Å². The summed E-state index contributed by atoms with van der Waals surface area (Å²) in [5.74, 6) is 0. The van der Waals surface area contributed by atoms with Crippen molar-refractivity contribution in [2.24, 2.45) is 0 Å². The van der Waals surface area contributed by atoms with Crippen molar-refractivity contribution in [1.29, 1.82) is 0 Å². The summed E-state index contributed by atoms with van der Waals surface area (Å²) in [7, 11) is 2.07. The standard InChI is InChI=1S/C19H24ClN3O2S/c1-23(15-16-5-3-2-4-6-16)12-14-25-13-11-21-19(24)22-26-18-9-7-17(20)8-10-18/h2-10H,11-15H2,1H3,(H2,21,22,24). The average molecular weight is 394 g/mol. The van der Waals surface area contributed by atoms with E-state index < -0.39 is 0 Å². The summed E-state index contributed by atoms with van der Waals surface area (Å²) in [5.41, 5.74) is 1.28. The molecular weight excluding hydrogens is 370 g/mol. The Kier molecular flexibility index (Phi) is 9.34. The maximum atomic E-state index is 11.7. The van der Waals surface area contributed by atoms with E-state index >= 15 is 0 Å². The van der Waals surface area contributed by atoms with Crippen LogP contribution in [-0.4, -0.2) is 44.3 Å². The monoisotopic (exact) mass is 393 g/mol. The van der Waals surface area contributed by atoms with E-state index in [-0.39, 0.29) is 6.03 Å². The van der Waals surface area contributed by atoms with Gasteiger partial charge in [0.1, 0.15) is 0 Å². The van der Waals surface area contributed by atoms with Crippen molar-refractivity contribution in [3.63, 3.8) is 0 Å². The first-order valence-corrected chi connectivity index (χ1v) is 9.59. The zero-order chi connectivity index (χ0) is 18.6. The van der Waals surface area contributed by atoms with Crippen molar-refractivity contribution in [3.8, 4) is 0 Å². The van der Waals surface area contributed by atoms with Crippen molar-refractivity contribution in [3.05, 3.63) is 65.2 Å². The number of carbonyl (C=O) groups excluding carboxylic acids is 1. The van der Waals surface area contributed by atoms with Gasteiger partial charge in [0.05, 0.1) is 13.2 Å². The van der Waals surface area contributed by atoms with Crippen LogP contribution in [0.15, 0.2) is 59.5 Å². The fourth-order valence-corrected chi connectivity index (χ4v) is 2.86. The number of amides is 2. The summed E-state index contributed by atoms with van der Waals surface area (Å²) < 4.78 is 8.28. The lowest BCUT2D eigenvalue weighted by Crippen LogP contribution is -2.34. The van der Waals surface area contributed by atoms with E-state index in [1.807, 2.05) is 30.3 Å². The molecule has 0 fully saturated rings. The lowest BCUT2D eigenvalue weighted by Gasteiger charge is -2.16. The zero-order valence-corrected chi connectivity index (χ0v) is 16.4. The molecule has 0 spiro atoms. The van der Waals surface area contributed by atoms with Gasteiger partial charge in [-0.15, -0.1) is 0 Å². The lowest BCUT2D eigenvalue weighted by molar-refractivity contribution is 0.112. The molecule has 0 saturated carbocycles. The van der Waals surface area contributed by atoms with Crippen LogP contribution >= 0.6 is 23.5 Å². The summed E-state index contributed by atoms with van der Waals surface area (Å²) in [6, 6.07) is 17.4. The molecule has 0 heterocycles. The molecule has 2 N–H and O–H groups in total. The first kappa shape index (κ1) is 20.6. The SMILES string of the molecule is CN(CCOCCNC(=O)NSc1ccc(Cl)cc1)Cc1ccccc1. The van der Waals surface area contributed by atoms with Gasteiger partial charge in [-0.2, -0.15) is 0 Å². The Balaban J connectivity index is 1.48. The van der Waals surface area contributed by atoms with Gasteiger partial charge in [-0.1, -0.05) is 41.9 Å². The van der Waals surface area contributed by atoms with Gasteiger partial charge in [0.15, 0.2) is 0 Å². The summed E-state index contributed by atoms with van der Waals surface area (Å²) in [6.45, 7) is 3.32. The van der Waals surface area contributed by atoms with Gasteiger partial charge in [-0.3, -0.25) is 9.62 Å². The second-order valence-corrected chi connectivity index (χ2v) is 7.07. The van der Waals surface area contributed by atoms with Gasteiger partial charge in [-0.25, -0.2) is 4.79 Å². The summed E-state index contributed by atoms with van der Waals surface area (Å²) in [4.78, 5) is 14.8. The molecule has 2 amide bonds. The first-order valence-electron chi connectivity index (χ1n) is 8.40. The number of nitrogens with one attached hydrogen (secondary N) is 2. The third-order valence-electron chi connectivity index (χ3n) is 3.52. The lowest BCUT2D eigenvalue weighted by atomic mass is 10.2. The van der Waals surface area contributed by atoms with Crippen LogP contribution in [0.5, 0.6) is 0 Å². The van der Waals surface area contributed by atoms with Crippen LogP contribution in [0.3, 0.4) is 0 Å². The highest BCUT2D eigenvalue weighted by Crippen LogP contribution is 2.17. The Morgan fingerprint density at radius 1 is 1.12 bits per heavy atom. The number of likely N-dealkylation sites (N-methyl/N-ethyl adjacent to an activating group) is 1. The molecule has 2 aromatic rings. The van der Waals surface area contributed by atoms with Gasteiger partial charge in [0.2, 0.25) is 0 Å². The van der Waals surface area contributed by atoms with Crippen LogP contribution in [-0.2, 0) is 11.3 Å². The number of halogens is 1. The highest BCUT2D eigenvalue weighted by Gasteiger charge is 2.02. The van der Waals surface area contributed by atoms with Gasteiger partial charge < -0.3 is 10.1 Å². The summed E-state index contributed by atoms with van der Waals surface area (Å²) in [6.07, 6.45) is 0. The molecule has 0 bridgehead atoms. The number of rotatable bonds is 10. The molecule has 0 aliphatic rings. The van der Waals surface area contributed by atoms with Crippen molar-refractivity contribution in [2.45, 2.75) is 11.4 Å². The van der Waals surface area contributed by atoms with E-state index in [4.69, 9.17) is 16.3 Å². The second kappa shape index (κ2) is 11.8. The van der Waals surface area contributed by atoms with E-state index in [1.165, 1.54) is 17.5 Å². The third-order valence-corrected chi connectivity index (χ3v) is 4.57. The van der Waals surface area contributed by atoms with Crippen molar-refractivity contribution >= 4 is 29.6 Å². The molecule has 7 heteroatoms. The highest BCUT2D eigenvalue weighted by molar-refractivity contribution is 7.98. The van der Waals surface area contributed by atoms with Crippen molar-refractivity contribution < 1.29 is 9.53 Å². The van der Waals surface area contributed by atoms with Gasteiger partial charge in [0, 0.05) is 29.6 Å². The van der Waals surface area contributed by atoms with Gasteiger partial charge >= 0.3 is 6.03 Å². The molecule has 0 radical (unpaired) electrons. The Morgan fingerprint density at radius 2 is 1.85 bits per heavy atom. The largest absolute Gasteiger partial charge is 0.378 e. The van der Waals surface area contributed by atoms with E-state index in [0.717, 1.165) is 18.0 Å². The quantitative estimate of drug-likeness (QED) is 0.476. The molecule has 140 valence electrons. The molecule has 0 saturated heterocycles. The normalized spacial score (nSPS) is 10.7. The minimum atomic E-state index is -0.241. The topological polar surface area (TPSA) is 53.6 Å². The molecule has 0 unspecified atom stereocenters. The van der Waals surface area contributed by atoms with Crippen LogP contribution in [0.2, 0.25) is 5.02 Å². The number of hydrogen-bond acceptors (Lipinski definition) is 4. The van der Waals surface area contributed by atoms with Crippen LogP contribution < -0.4 is 10.0 Å². The van der Waals surface area contributed by atoms with E-state index in [9.17, 15) is 4.79 Å². The molecular formula is C19H24ClN3O2S. The van der Waals surface area contributed by atoms with Crippen LogP contribution in [0.25, 0.3) is 0 Å². The Labute approximate surface area is 164 Å². The molecule has 2 rings (SSSR count). The molecule has 5 nitrogen and oxygen atoms in total. The smallest absolute Gasteiger partial charge is 0.325 e. The Hall–Kier alpha value is -1.73. The van der Waals surface area contributed by atoms with E-state index in [1.54, 1.807) is 12.1 Å². The number of urea groups is 1. The minimum absolute atomic E-state index is 0.241. The minimum Gasteiger partial charge on any atom is -0.378 e. The second-order valence-electron chi connectivity index (χ2n) is 5.75. The van der Waals surface area contributed by atoms with E-state index in [2.05, 4.69) is 34.1 Å². The molecule has 0 atom stereocenters. The fourth-order valence-electron chi connectivity index (χ4n) is 2.18. The van der Waals surface area contributed by atoms with Crippen LogP contribution in [0, 0.1) is 0 Å². The average Bonchev–Trinajstić information content (AvgIpc) is 2.65. The maximum Gasteiger partial charge on any atom is 0.325 e. The van der Waals surface area contributed by atoms with Crippen LogP contribution in [0.1, 0.15) is 5.56 Å². The summed E-state index contributed by atoms with van der Waals surface area (Å²) >= 11 is 7.06. The van der Waals surface area contributed by atoms with Crippen molar-refractivity contribution in [2.75, 3.05) is 33.4 Å². The predicted molar refractivity (Wildman–Crippen MR) is 107 cm³/mol. The first-order chi connectivity index (χ1) is 12.6. The molecule has 26 heavy (non-hydrogen) atoms. The molecule has 2 aromatic carbocycles. The number of benzene rings is 2. The third kappa shape index (κ3) is 8.58. The number of nitrogens with zero attached hydrogens (tertiary/aromatic N) is 1. The molecule has 0 aliphatic carbocycles. The van der Waals surface area contributed by atoms with Crippen molar-refractivity contribution in [1.82, 2.24) is 14.9 Å². The van der Waals surface area contributed by atoms with Gasteiger partial charge in [0.25, 0.3) is 0 Å². The summed E-state index contributed by atoms with van der Waals surface area (Å²) in [5, 5.41) is 3.43. The Bertz CT molecular complexity index is 656. The number of hydrogen-bond donors (Lipinski definition) is 2. The zero-order valence-electron chi connectivity index (χ0n) is 14.8. The Morgan fingerprint density at radius 3 is 2.58 bits per heavy atom. The number of carbonyl (C=O) groups is 1. The molecule has 0 aromatic heterocycles.